The van der Waals surface area contributed by atoms with Crippen molar-refractivity contribution >= 4 is 0 Å². The summed E-state index contributed by atoms with van der Waals surface area (Å²) in [5.41, 5.74) is 2.78. The second-order valence-electron chi connectivity index (χ2n) is 2.01. The van der Waals surface area contributed by atoms with Crippen molar-refractivity contribution in [2.45, 2.75) is 19.4 Å². The van der Waals surface area contributed by atoms with Crippen molar-refractivity contribution in [3.8, 4) is 0 Å². The second kappa shape index (κ2) is 1.78. The van der Waals surface area contributed by atoms with E-state index in [4.69, 9.17) is 0 Å². The van der Waals surface area contributed by atoms with Gasteiger partial charge in [0.25, 0.3) is 0 Å². The molecule has 0 aromatic rings. The minimum atomic E-state index is 0.201. The fourth-order valence-electron chi connectivity index (χ4n) is 0.767. The molecule has 1 fully saturated rings. The molecule has 3 nitrogen and oxygen atoms in total. The fourth-order valence-corrected chi connectivity index (χ4v) is 0.767. The van der Waals surface area contributed by atoms with Crippen LogP contribution in [0.1, 0.15) is 13.3 Å². The first-order valence-electron chi connectivity index (χ1n) is 2.58. The van der Waals surface area contributed by atoms with Crippen molar-refractivity contribution in [2.75, 3.05) is 6.54 Å². The summed E-state index contributed by atoms with van der Waals surface area (Å²) in [4.78, 5) is 0. The molecule has 0 saturated carbocycles. The standard InChI is InChI=1S/C4H10N2O/c1-4-2-3-6(7)5-4/h4-6H,2-3H2,1H3. The van der Waals surface area contributed by atoms with Crippen LogP contribution < -0.4 is 10.6 Å². The predicted octanol–water partition coefficient (Wildman–Crippen LogP) is -1.33. The molecule has 2 N–H and O–H groups in total. The Kier molecular flexibility index (Phi) is 1.27. The maximum atomic E-state index is 10.3. The molecule has 0 radical (unpaired) electrons. The highest BCUT2D eigenvalue weighted by Crippen LogP contribution is 1.86. The molecule has 0 bridgehead atoms. The highest BCUT2D eigenvalue weighted by Gasteiger charge is 2.13. The van der Waals surface area contributed by atoms with Crippen LogP contribution in [-0.2, 0) is 0 Å². The van der Waals surface area contributed by atoms with Crippen molar-refractivity contribution in [1.82, 2.24) is 5.43 Å². The normalized spacial score (nSPS) is 42.0. The molecule has 0 aliphatic carbocycles. The maximum absolute atomic E-state index is 10.3. The van der Waals surface area contributed by atoms with E-state index in [1.54, 1.807) is 0 Å². The minimum absolute atomic E-state index is 0.201. The van der Waals surface area contributed by atoms with E-state index in [2.05, 4.69) is 5.43 Å². The topological polar surface area (TPSA) is 39.5 Å². The molecule has 42 valence electrons. The van der Waals surface area contributed by atoms with Crippen LogP contribution in [0.5, 0.6) is 0 Å². The third-order valence-corrected chi connectivity index (χ3v) is 1.21. The summed E-state index contributed by atoms with van der Waals surface area (Å²) in [6.07, 6.45) is 1.01. The zero-order chi connectivity index (χ0) is 5.28. The molecule has 1 aliphatic heterocycles. The molecular weight excluding hydrogens is 92.1 g/mol. The molecular formula is C4H10N2O. The van der Waals surface area contributed by atoms with Gasteiger partial charge in [-0.3, -0.25) is 5.17 Å². The summed E-state index contributed by atoms with van der Waals surface area (Å²) < 4.78 is 0. The fraction of sp³-hybridized carbons (Fsp3) is 1.00. The monoisotopic (exact) mass is 102 g/mol. The number of hydroxylamine groups is 1. The lowest BCUT2D eigenvalue weighted by Gasteiger charge is -2.13. The van der Waals surface area contributed by atoms with E-state index < -0.39 is 0 Å². The molecule has 0 amide bonds. The van der Waals surface area contributed by atoms with Crippen LogP contribution in [0.3, 0.4) is 0 Å². The van der Waals surface area contributed by atoms with Gasteiger partial charge in [0.1, 0.15) is 0 Å². The van der Waals surface area contributed by atoms with Gasteiger partial charge in [-0.05, 0) is 6.92 Å². The van der Waals surface area contributed by atoms with Crippen LogP contribution in [0.2, 0.25) is 0 Å². The van der Waals surface area contributed by atoms with Crippen molar-refractivity contribution in [2.24, 2.45) is 0 Å². The lowest BCUT2D eigenvalue weighted by molar-refractivity contribution is -0.883. The molecule has 1 rings (SSSR count). The van der Waals surface area contributed by atoms with Gasteiger partial charge < -0.3 is 5.21 Å². The van der Waals surface area contributed by atoms with Gasteiger partial charge in [0, 0.05) is 6.42 Å². The summed E-state index contributed by atoms with van der Waals surface area (Å²) >= 11 is 0. The van der Waals surface area contributed by atoms with Gasteiger partial charge in [-0.15, -0.1) is 0 Å². The Hall–Kier alpha value is -0.120. The molecule has 0 aromatic carbocycles. The van der Waals surface area contributed by atoms with Crippen LogP contribution in [0.4, 0.5) is 0 Å². The van der Waals surface area contributed by atoms with E-state index in [9.17, 15) is 5.21 Å². The molecule has 3 heteroatoms. The zero-order valence-electron chi connectivity index (χ0n) is 4.40. The quantitative estimate of drug-likeness (QED) is 0.372. The Morgan fingerprint density at radius 3 is 2.71 bits per heavy atom. The highest BCUT2D eigenvalue weighted by molar-refractivity contribution is 4.56. The number of nitrogens with one attached hydrogen (secondary N) is 2. The van der Waals surface area contributed by atoms with Crippen LogP contribution >= 0.6 is 0 Å². The molecule has 1 aliphatic rings. The molecule has 2 unspecified atom stereocenters. The highest BCUT2D eigenvalue weighted by atomic mass is 16.5. The maximum Gasteiger partial charge on any atom is 0.0961 e. The average Bonchev–Trinajstić information content (AvgIpc) is 1.87. The molecule has 2 atom stereocenters. The molecule has 7 heavy (non-hydrogen) atoms. The number of hydrogen-bond donors (Lipinski definition) is 2. The lowest BCUT2D eigenvalue weighted by Crippen LogP contribution is -3.11. The van der Waals surface area contributed by atoms with E-state index in [1.807, 2.05) is 6.92 Å². The Morgan fingerprint density at radius 1 is 1.86 bits per heavy atom. The summed E-state index contributed by atoms with van der Waals surface area (Å²) in [6, 6.07) is 0.424. The Bertz CT molecular complexity index is 58.7. The van der Waals surface area contributed by atoms with Crippen molar-refractivity contribution in [1.29, 1.82) is 0 Å². The van der Waals surface area contributed by atoms with E-state index >= 15 is 0 Å². The first-order valence-corrected chi connectivity index (χ1v) is 2.58. The van der Waals surface area contributed by atoms with Gasteiger partial charge in [-0.1, -0.05) is 0 Å². The molecule has 0 spiro atoms. The zero-order valence-corrected chi connectivity index (χ0v) is 4.40. The van der Waals surface area contributed by atoms with Gasteiger partial charge in [0.15, 0.2) is 0 Å². The first-order chi connectivity index (χ1) is 3.29. The van der Waals surface area contributed by atoms with Crippen LogP contribution in [-0.4, -0.2) is 12.6 Å². The van der Waals surface area contributed by atoms with Gasteiger partial charge in [0.2, 0.25) is 0 Å². The van der Waals surface area contributed by atoms with Gasteiger partial charge in [-0.25, -0.2) is 0 Å². The van der Waals surface area contributed by atoms with Crippen molar-refractivity contribution in [3.63, 3.8) is 0 Å². The Morgan fingerprint density at radius 2 is 2.57 bits per heavy atom. The number of hydrogen-bond acceptors (Lipinski definition) is 2. The van der Waals surface area contributed by atoms with Gasteiger partial charge in [0.05, 0.1) is 12.6 Å². The van der Waals surface area contributed by atoms with E-state index in [1.165, 1.54) is 0 Å². The SMILES string of the molecule is CC1CC[NH+]([O-])N1. The summed E-state index contributed by atoms with van der Waals surface area (Å²) in [5.74, 6) is 0. The van der Waals surface area contributed by atoms with E-state index in [-0.39, 0.29) is 5.17 Å². The van der Waals surface area contributed by atoms with Crippen LogP contribution in [0, 0.1) is 5.21 Å². The van der Waals surface area contributed by atoms with Crippen molar-refractivity contribution in [3.05, 3.63) is 5.21 Å². The smallest absolute Gasteiger partial charge is 0.0961 e. The Balaban J connectivity index is 2.26. The van der Waals surface area contributed by atoms with Crippen LogP contribution in [0.15, 0.2) is 0 Å². The van der Waals surface area contributed by atoms with Gasteiger partial charge >= 0.3 is 0 Å². The molecule has 0 aromatic heterocycles. The Labute approximate surface area is 42.9 Å². The second-order valence-corrected chi connectivity index (χ2v) is 2.01. The number of quaternary nitrogens is 1. The summed E-state index contributed by atoms with van der Waals surface area (Å²) in [6.45, 7) is 2.74. The first kappa shape index (κ1) is 5.03. The predicted molar refractivity (Wildman–Crippen MR) is 26.4 cm³/mol. The van der Waals surface area contributed by atoms with E-state index in [0.29, 0.717) is 6.04 Å². The molecule has 1 heterocycles. The number of rotatable bonds is 0. The summed E-state index contributed by atoms with van der Waals surface area (Å²) in [5, 5.41) is 10.5. The third-order valence-electron chi connectivity index (χ3n) is 1.21. The lowest BCUT2D eigenvalue weighted by atomic mass is 10.3. The van der Waals surface area contributed by atoms with Crippen LogP contribution in [0.25, 0.3) is 0 Å². The van der Waals surface area contributed by atoms with Gasteiger partial charge in [-0.2, -0.15) is 5.43 Å². The minimum Gasteiger partial charge on any atom is -0.613 e. The van der Waals surface area contributed by atoms with E-state index in [0.717, 1.165) is 13.0 Å². The average molecular weight is 102 g/mol. The molecule has 1 saturated heterocycles. The third kappa shape index (κ3) is 1.12. The summed E-state index contributed by atoms with van der Waals surface area (Å²) in [7, 11) is 0. The van der Waals surface area contributed by atoms with Crippen molar-refractivity contribution < 1.29 is 5.17 Å². The largest absolute Gasteiger partial charge is 0.613 e.